The van der Waals surface area contributed by atoms with E-state index < -0.39 is 5.60 Å². The molecule has 2 aliphatic rings. The first-order chi connectivity index (χ1) is 17.2. The molecule has 1 aromatic carbocycles. The highest BCUT2D eigenvalue weighted by molar-refractivity contribution is 6.24. The van der Waals surface area contributed by atoms with Crippen LogP contribution in [-0.2, 0) is 14.7 Å². The summed E-state index contributed by atoms with van der Waals surface area (Å²) < 4.78 is 6.66. The highest BCUT2D eigenvalue weighted by atomic mass is 17.3. The second kappa shape index (κ2) is 13.0. The van der Waals surface area contributed by atoms with Crippen LogP contribution in [0.15, 0.2) is 47.1 Å². The van der Waals surface area contributed by atoms with E-state index in [0.29, 0.717) is 6.61 Å². The Morgan fingerprint density at radius 3 is 2.58 bits per heavy atom. The maximum Gasteiger partial charge on any atom is 0.129 e. The monoisotopic (exact) mass is 499 g/mol. The van der Waals surface area contributed by atoms with Crippen LogP contribution in [0.25, 0.3) is 5.57 Å². The van der Waals surface area contributed by atoms with Crippen molar-refractivity contribution in [1.82, 2.24) is 10.1 Å². The number of nitrogens with zero attached hydrogens (tertiary/aromatic N) is 3. The third kappa shape index (κ3) is 7.98. The number of para-hydroxylation sites is 1. The summed E-state index contributed by atoms with van der Waals surface area (Å²) in [6.45, 7) is 18.2. The molecule has 0 bridgehead atoms. The summed E-state index contributed by atoms with van der Waals surface area (Å²) in [5.74, 6) is 0.912. The molecular formula is C29H45N3O4. The highest BCUT2D eigenvalue weighted by Crippen LogP contribution is 2.41. The molecule has 2 heterocycles. The predicted octanol–water partition coefficient (Wildman–Crippen LogP) is 6.38. The Kier molecular flexibility index (Phi) is 10.3. The van der Waals surface area contributed by atoms with Gasteiger partial charge in [0.25, 0.3) is 0 Å². The molecule has 0 saturated carbocycles. The lowest BCUT2D eigenvalue weighted by atomic mass is 9.85. The fraction of sp³-hybridized carbons (Fsp3) is 0.621. The van der Waals surface area contributed by atoms with Crippen LogP contribution >= 0.6 is 0 Å². The molecule has 0 amide bonds. The number of allylic oxidation sites excluding steroid dienone is 1. The van der Waals surface area contributed by atoms with Crippen molar-refractivity contribution >= 4 is 11.3 Å². The van der Waals surface area contributed by atoms with Gasteiger partial charge in [0, 0.05) is 55.6 Å². The first kappa shape index (κ1) is 28.5. The van der Waals surface area contributed by atoms with Crippen molar-refractivity contribution < 1.29 is 19.5 Å². The number of rotatable bonds is 10. The largest absolute Gasteiger partial charge is 0.482 e. The van der Waals surface area contributed by atoms with E-state index in [1.807, 2.05) is 43.2 Å². The number of hydrogen-bond acceptors (Lipinski definition) is 7. The number of hydroxylamine groups is 4. The van der Waals surface area contributed by atoms with Crippen LogP contribution in [0.1, 0.15) is 79.7 Å². The zero-order valence-corrected chi connectivity index (χ0v) is 23.3. The van der Waals surface area contributed by atoms with Gasteiger partial charge in [-0.05, 0) is 64.7 Å². The maximum absolute atomic E-state index is 6.66. The van der Waals surface area contributed by atoms with E-state index in [4.69, 9.17) is 24.4 Å². The van der Waals surface area contributed by atoms with Crippen LogP contribution in [0.3, 0.4) is 0 Å². The zero-order valence-electron chi connectivity index (χ0n) is 23.3. The summed E-state index contributed by atoms with van der Waals surface area (Å²) in [5, 5.41) is 3.87. The molecule has 1 unspecified atom stereocenters. The Hall–Kier alpha value is -2.03. The third-order valence-electron chi connectivity index (χ3n) is 6.50. The quantitative estimate of drug-likeness (QED) is 0.212. The van der Waals surface area contributed by atoms with Gasteiger partial charge in [0.15, 0.2) is 0 Å². The van der Waals surface area contributed by atoms with Crippen LogP contribution in [0, 0.1) is 0 Å². The van der Waals surface area contributed by atoms with Gasteiger partial charge in [-0.15, -0.1) is 4.99 Å². The minimum Gasteiger partial charge on any atom is -0.482 e. The molecule has 0 radical (unpaired) electrons. The summed E-state index contributed by atoms with van der Waals surface area (Å²) in [5.41, 5.74) is 3.61. The third-order valence-corrected chi connectivity index (χ3v) is 6.50. The van der Waals surface area contributed by atoms with E-state index in [1.165, 1.54) is 0 Å². The Morgan fingerprint density at radius 1 is 1.14 bits per heavy atom. The number of aliphatic imine (C=N–C) groups is 1. The Morgan fingerprint density at radius 2 is 1.89 bits per heavy atom. The molecule has 36 heavy (non-hydrogen) atoms. The number of ether oxygens (including phenoxy) is 1. The first-order valence-electron chi connectivity index (χ1n) is 13.4. The second-order valence-corrected chi connectivity index (χ2v) is 10.5. The fourth-order valence-corrected chi connectivity index (χ4v) is 4.33. The summed E-state index contributed by atoms with van der Waals surface area (Å²) >= 11 is 0. The van der Waals surface area contributed by atoms with Crippen molar-refractivity contribution in [1.29, 1.82) is 0 Å². The average molecular weight is 500 g/mol. The van der Waals surface area contributed by atoms with Crippen molar-refractivity contribution in [3.05, 3.63) is 47.7 Å². The van der Waals surface area contributed by atoms with Crippen LogP contribution < -0.4 is 4.74 Å². The molecule has 1 saturated heterocycles. The smallest absolute Gasteiger partial charge is 0.129 e. The van der Waals surface area contributed by atoms with Crippen molar-refractivity contribution in [3.63, 3.8) is 0 Å². The van der Waals surface area contributed by atoms with Crippen molar-refractivity contribution in [2.45, 2.75) is 85.4 Å². The second-order valence-electron chi connectivity index (χ2n) is 10.5. The van der Waals surface area contributed by atoms with Gasteiger partial charge in [-0.25, -0.2) is 4.89 Å². The molecule has 7 nitrogen and oxygen atoms in total. The lowest BCUT2D eigenvalue weighted by Gasteiger charge is -2.36. The Labute approximate surface area is 217 Å². The Bertz CT molecular complexity index is 946. The van der Waals surface area contributed by atoms with Gasteiger partial charge < -0.3 is 4.74 Å². The lowest BCUT2D eigenvalue weighted by Crippen LogP contribution is -2.38. The molecule has 1 spiro atoms. The normalized spacial score (nSPS) is 21.8. The maximum atomic E-state index is 6.66. The van der Waals surface area contributed by atoms with Crippen LogP contribution in [0.5, 0.6) is 5.75 Å². The molecule has 200 valence electrons. The SMILES string of the molecule is CC/C(=C\N=C(C)C1=CC2(CCCN(OOC(C)(C)C)CC2)Oc2ccccc21)CON(CC)CC. The van der Waals surface area contributed by atoms with E-state index in [0.717, 1.165) is 80.0 Å². The highest BCUT2D eigenvalue weighted by Gasteiger charge is 2.38. The molecule has 7 heteroatoms. The minimum atomic E-state index is -0.399. The van der Waals surface area contributed by atoms with E-state index in [-0.39, 0.29) is 5.60 Å². The topological polar surface area (TPSA) is 55.8 Å². The summed E-state index contributed by atoms with van der Waals surface area (Å²) in [4.78, 5) is 22.0. The number of fused-ring (bicyclic) bond motifs is 1. The van der Waals surface area contributed by atoms with E-state index in [1.54, 1.807) is 0 Å². The standard InChI is InChI=1S/C29H45N3O4/c1-8-24(22-33-31(9-2)10-3)21-30-23(4)26-20-29(34-27-15-12-11-14-25(26)27)16-13-18-32(19-17-29)36-35-28(5,6)7/h11-12,14-15,20-21H,8-10,13,16-19,22H2,1-7H3/b24-21+,30-23?. The molecule has 2 aliphatic heterocycles. The summed E-state index contributed by atoms with van der Waals surface area (Å²) in [7, 11) is 0. The van der Waals surface area contributed by atoms with Gasteiger partial charge in [-0.3, -0.25) is 9.83 Å². The first-order valence-corrected chi connectivity index (χ1v) is 13.4. The molecule has 0 aromatic heterocycles. The van der Waals surface area contributed by atoms with Crippen LogP contribution in [-0.4, -0.2) is 59.8 Å². The van der Waals surface area contributed by atoms with Crippen molar-refractivity contribution in [3.8, 4) is 5.75 Å². The van der Waals surface area contributed by atoms with Crippen LogP contribution in [0.2, 0.25) is 0 Å². The predicted molar refractivity (Wildman–Crippen MR) is 145 cm³/mol. The molecule has 0 aliphatic carbocycles. The molecular weight excluding hydrogens is 454 g/mol. The molecule has 0 N–H and O–H groups in total. The zero-order chi connectivity index (χ0) is 26.2. The number of benzene rings is 1. The average Bonchev–Trinajstić information content (AvgIpc) is 3.05. The van der Waals surface area contributed by atoms with Gasteiger partial charge in [0.2, 0.25) is 0 Å². The van der Waals surface area contributed by atoms with Crippen molar-refractivity contribution in [2.24, 2.45) is 4.99 Å². The van der Waals surface area contributed by atoms with Gasteiger partial charge in [0.1, 0.15) is 11.4 Å². The van der Waals surface area contributed by atoms with Crippen molar-refractivity contribution in [2.75, 3.05) is 32.8 Å². The van der Waals surface area contributed by atoms with E-state index >= 15 is 0 Å². The van der Waals surface area contributed by atoms with Gasteiger partial charge >= 0.3 is 0 Å². The van der Waals surface area contributed by atoms with E-state index in [2.05, 4.69) is 52.0 Å². The Balaban J connectivity index is 1.82. The summed E-state index contributed by atoms with van der Waals surface area (Å²) in [6, 6.07) is 8.26. The lowest BCUT2D eigenvalue weighted by molar-refractivity contribution is -0.460. The molecule has 1 fully saturated rings. The molecule has 3 rings (SSSR count). The van der Waals surface area contributed by atoms with Gasteiger partial charge in [-0.2, -0.15) is 10.1 Å². The fourth-order valence-electron chi connectivity index (χ4n) is 4.33. The van der Waals surface area contributed by atoms with Crippen LogP contribution in [0.4, 0.5) is 0 Å². The molecule has 1 atom stereocenters. The van der Waals surface area contributed by atoms with E-state index in [9.17, 15) is 0 Å². The molecule has 1 aromatic rings. The number of hydrogen-bond donors (Lipinski definition) is 0. The summed E-state index contributed by atoms with van der Waals surface area (Å²) in [6.07, 6.45) is 7.80. The van der Waals surface area contributed by atoms with Gasteiger partial charge in [0.05, 0.1) is 12.2 Å². The minimum absolute atomic E-state index is 0.355. The van der Waals surface area contributed by atoms with Gasteiger partial charge in [-0.1, -0.05) is 39.0 Å².